The van der Waals surface area contributed by atoms with Gasteiger partial charge in [-0.15, -0.1) is 0 Å². The maximum Gasteiger partial charge on any atom is 0.250 e. The first-order valence-corrected chi connectivity index (χ1v) is 12.3. The van der Waals surface area contributed by atoms with Gasteiger partial charge < -0.3 is 9.22 Å². The van der Waals surface area contributed by atoms with Gasteiger partial charge in [0.2, 0.25) is 16.6 Å². The summed E-state index contributed by atoms with van der Waals surface area (Å²) in [5.41, 5.74) is 0. The molecular formula is C14H26O2Si2. The molecule has 0 saturated carbocycles. The van der Waals surface area contributed by atoms with Crippen molar-refractivity contribution in [3.8, 4) is 5.75 Å². The summed E-state index contributed by atoms with van der Waals surface area (Å²) < 4.78 is 6.21. The van der Waals surface area contributed by atoms with E-state index in [9.17, 15) is 4.80 Å². The SMILES string of the molecule is CC(C)(C)[Si](C)(C)Oc1ccc([Si](C)(C)O)cc1. The molecular weight excluding hydrogens is 256 g/mol. The Bertz CT molecular complexity index is 397. The van der Waals surface area contributed by atoms with Gasteiger partial charge in [-0.25, -0.2) is 0 Å². The Morgan fingerprint density at radius 1 is 0.944 bits per heavy atom. The van der Waals surface area contributed by atoms with Crippen molar-refractivity contribution in [2.24, 2.45) is 0 Å². The van der Waals surface area contributed by atoms with Gasteiger partial charge in [-0.3, -0.25) is 0 Å². The zero-order valence-corrected chi connectivity index (χ0v) is 14.7. The van der Waals surface area contributed by atoms with Crippen molar-refractivity contribution >= 4 is 21.8 Å². The Labute approximate surface area is 113 Å². The molecule has 0 amide bonds. The largest absolute Gasteiger partial charge is 0.544 e. The fourth-order valence-corrected chi connectivity index (χ4v) is 3.39. The van der Waals surface area contributed by atoms with E-state index < -0.39 is 16.6 Å². The first-order chi connectivity index (χ1) is 7.93. The Morgan fingerprint density at radius 2 is 1.39 bits per heavy atom. The second kappa shape index (κ2) is 4.83. The molecule has 18 heavy (non-hydrogen) atoms. The summed E-state index contributed by atoms with van der Waals surface area (Å²) in [5.74, 6) is 0.920. The standard InChI is InChI=1S/C14H26O2Si2/c1-14(2,3)18(6,7)16-12-8-10-13(11-9-12)17(4,5)15/h8-11,15H,1-7H3. The van der Waals surface area contributed by atoms with Gasteiger partial charge >= 0.3 is 0 Å². The van der Waals surface area contributed by atoms with Gasteiger partial charge in [0.1, 0.15) is 5.75 Å². The van der Waals surface area contributed by atoms with Crippen LogP contribution in [-0.2, 0) is 0 Å². The van der Waals surface area contributed by atoms with Crippen LogP contribution in [0.25, 0.3) is 0 Å². The molecule has 0 unspecified atom stereocenters. The minimum absolute atomic E-state index is 0.205. The molecule has 0 bridgehead atoms. The zero-order chi connectivity index (χ0) is 14.2. The van der Waals surface area contributed by atoms with Crippen LogP contribution < -0.4 is 9.61 Å². The molecule has 0 aliphatic heterocycles. The number of hydrogen-bond acceptors (Lipinski definition) is 2. The molecule has 2 nitrogen and oxygen atoms in total. The molecule has 0 spiro atoms. The van der Waals surface area contributed by atoms with E-state index in [-0.39, 0.29) is 5.04 Å². The van der Waals surface area contributed by atoms with Crippen LogP contribution in [0.5, 0.6) is 5.75 Å². The predicted octanol–water partition coefficient (Wildman–Crippen LogP) is 3.48. The maximum atomic E-state index is 10.0. The summed E-state index contributed by atoms with van der Waals surface area (Å²) in [6, 6.07) is 7.96. The lowest BCUT2D eigenvalue weighted by Gasteiger charge is -2.36. The summed E-state index contributed by atoms with van der Waals surface area (Å²) in [6.07, 6.45) is 0. The number of hydrogen-bond donors (Lipinski definition) is 1. The molecule has 0 aromatic heterocycles. The Balaban J connectivity index is 2.89. The molecule has 0 saturated heterocycles. The third-order valence-corrected chi connectivity index (χ3v) is 9.84. The Hall–Kier alpha value is -0.586. The van der Waals surface area contributed by atoms with Crippen LogP contribution in [0.2, 0.25) is 31.2 Å². The molecule has 102 valence electrons. The van der Waals surface area contributed by atoms with Crippen LogP contribution in [0.1, 0.15) is 20.8 Å². The number of rotatable bonds is 3. The molecule has 1 aromatic carbocycles. The van der Waals surface area contributed by atoms with Crippen LogP contribution in [0.4, 0.5) is 0 Å². The Kier molecular flexibility index (Phi) is 4.15. The highest BCUT2D eigenvalue weighted by atomic mass is 28.4. The van der Waals surface area contributed by atoms with Gasteiger partial charge in [0.05, 0.1) is 0 Å². The zero-order valence-electron chi connectivity index (χ0n) is 12.7. The predicted molar refractivity (Wildman–Crippen MR) is 83.6 cm³/mol. The van der Waals surface area contributed by atoms with Crippen molar-refractivity contribution < 1.29 is 9.22 Å². The normalized spacial score (nSPS) is 13.6. The summed E-state index contributed by atoms with van der Waals surface area (Å²) in [7, 11) is -3.96. The molecule has 1 aromatic rings. The van der Waals surface area contributed by atoms with Crippen LogP contribution in [0, 0.1) is 0 Å². The van der Waals surface area contributed by atoms with Gasteiger partial charge in [0, 0.05) is 0 Å². The molecule has 0 fully saturated rings. The summed E-state index contributed by atoms with van der Waals surface area (Å²) in [6.45, 7) is 15.0. The highest BCUT2D eigenvalue weighted by Gasteiger charge is 2.38. The maximum absolute atomic E-state index is 10.0. The van der Waals surface area contributed by atoms with Crippen molar-refractivity contribution in [1.82, 2.24) is 0 Å². The summed E-state index contributed by atoms with van der Waals surface area (Å²) in [5, 5.41) is 1.25. The molecule has 4 heteroatoms. The molecule has 0 aliphatic rings. The van der Waals surface area contributed by atoms with Gasteiger partial charge in [-0.1, -0.05) is 32.9 Å². The van der Waals surface area contributed by atoms with Gasteiger partial charge in [0.15, 0.2) is 0 Å². The monoisotopic (exact) mass is 282 g/mol. The number of benzene rings is 1. The van der Waals surface area contributed by atoms with E-state index in [4.69, 9.17) is 4.43 Å². The smallest absolute Gasteiger partial charge is 0.250 e. The first-order valence-electron chi connectivity index (χ1n) is 6.45. The van der Waals surface area contributed by atoms with Crippen molar-refractivity contribution in [2.75, 3.05) is 0 Å². The fourth-order valence-electron chi connectivity index (χ4n) is 1.38. The first kappa shape index (κ1) is 15.5. The van der Waals surface area contributed by atoms with E-state index in [1.165, 1.54) is 0 Å². The Morgan fingerprint density at radius 3 is 1.72 bits per heavy atom. The van der Waals surface area contributed by atoms with Gasteiger partial charge in [0.25, 0.3) is 0 Å². The van der Waals surface area contributed by atoms with Crippen LogP contribution >= 0.6 is 0 Å². The lowest BCUT2D eigenvalue weighted by atomic mass is 10.2. The van der Waals surface area contributed by atoms with Crippen molar-refractivity contribution in [2.45, 2.75) is 52.0 Å². The molecule has 0 aliphatic carbocycles. The lowest BCUT2D eigenvalue weighted by Crippen LogP contribution is -2.44. The van der Waals surface area contributed by atoms with E-state index in [0.717, 1.165) is 10.9 Å². The summed E-state index contributed by atoms with van der Waals surface area (Å²) in [4.78, 5) is 10.0. The minimum Gasteiger partial charge on any atom is -0.544 e. The molecule has 0 heterocycles. The van der Waals surface area contributed by atoms with Gasteiger partial charge in [-0.05, 0) is 48.5 Å². The van der Waals surface area contributed by atoms with E-state index >= 15 is 0 Å². The van der Waals surface area contributed by atoms with E-state index in [1.807, 2.05) is 37.4 Å². The quantitative estimate of drug-likeness (QED) is 0.860. The average molecular weight is 283 g/mol. The molecule has 1 rings (SSSR count). The highest BCUT2D eigenvalue weighted by molar-refractivity contribution is 6.83. The van der Waals surface area contributed by atoms with Crippen molar-refractivity contribution in [1.29, 1.82) is 0 Å². The highest BCUT2D eigenvalue weighted by Crippen LogP contribution is 2.37. The second-order valence-corrected chi connectivity index (χ2v) is 15.4. The second-order valence-electron chi connectivity index (χ2n) is 6.95. The fraction of sp³-hybridized carbons (Fsp3) is 0.571. The van der Waals surface area contributed by atoms with Crippen molar-refractivity contribution in [3.05, 3.63) is 24.3 Å². The van der Waals surface area contributed by atoms with E-state index in [1.54, 1.807) is 0 Å². The van der Waals surface area contributed by atoms with E-state index in [0.29, 0.717) is 0 Å². The summed E-state index contributed by atoms with van der Waals surface area (Å²) >= 11 is 0. The van der Waals surface area contributed by atoms with Gasteiger partial charge in [-0.2, -0.15) is 0 Å². The van der Waals surface area contributed by atoms with Crippen LogP contribution in [-0.4, -0.2) is 21.4 Å². The molecule has 1 N–H and O–H groups in total. The average Bonchev–Trinajstić information content (AvgIpc) is 2.14. The lowest BCUT2D eigenvalue weighted by molar-refractivity contribution is 0.492. The van der Waals surface area contributed by atoms with Crippen molar-refractivity contribution in [3.63, 3.8) is 0 Å². The van der Waals surface area contributed by atoms with Crippen LogP contribution in [0.15, 0.2) is 24.3 Å². The molecule has 0 radical (unpaired) electrons. The third kappa shape index (κ3) is 3.70. The topological polar surface area (TPSA) is 29.5 Å². The van der Waals surface area contributed by atoms with Crippen LogP contribution in [0.3, 0.4) is 0 Å². The minimum atomic E-state index is -2.20. The van der Waals surface area contributed by atoms with E-state index in [2.05, 4.69) is 33.9 Å². The third-order valence-electron chi connectivity index (χ3n) is 3.74. The molecule has 0 atom stereocenters.